The van der Waals surface area contributed by atoms with Crippen LogP contribution in [-0.4, -0.2) is 25.3 Å². The highest BCUT2D eigenvalue weighted by Gasteiger charge is 2.53. The fraction of sp³-hybridized carbons (Fsp3) is 0.273. The van der Waals surface area contributed by atoms with Gasteiger partial charge in [0.15, 0.2) is 5.76 Å². The Balaban J connectivity index is 1.49. The van der Waals surface area contributed by atoms with E-state index in [9.17, 15) is 4.79 Å². The van der Waals surface area contributed by atoms with Gasteiger partial charge in [0.2, 0.25) is 5.91 Å². The van der Waals surface area contributed by atoms with Crippen LogP contribution in [0.4, 0.5) is 0 Å². The molecule has 2 aromatic carbocycles. The zero-order chi connectivity index (χ0) is 19.6. The number of hydrogen-bond donors (Lipinski definition) is 1. The van der Waals surface area contributed by atoms with Crippen LogP contribution in [0.3, 0.4) is 0 Å². The number of carbonyl (C=O) groups excluding carboxylic acids is 1. The lowest BCUT2D eigenvalue weighted by Gasteiger charge is -2.14. The monoisotopic (exact) mass is 378 g/mol. The van der Waals surface area contributed by atoms with Crippen molar-refractivity contribution in [2.45, 2.75) is 24.8 Å². The molecule has 1 saturated carbocycles. The highest BCUT2D eigenvalue weighted by Crippen LogP contribution is 2.48. The van der Waals surface area contributed by atoms with Crippen LogP contribution >= 0.6 is 0 Å². The molecule has 0 unspecified atom stereocenters. The number of nitrogens with zero attached hydrogens (tertiary/aromatic N) is 1. The minimum absolute atomic E-state index is 0.0381. The average molecular weight is 378 g/mol. The molecular weight excluding hydrogens is 356 g/mol. The smallest absolute Gasteiger partial charge is 0.232 e. The van der Waals surface area contributed by atoms with Crippen molar-refractivity contribution in [3.63, 3.8) is 0 Å². The van der Waals surface area contributed by atoms with E-state index in [0.717, 1.165) is 35.5 Å². The van der Waals surface area contributed by atoms with Gasteiger partial charge in [-0.25, -0.2) is 0 Å². The Labute approximate surface area is 163 Å². The first-order chi connectivity index (χ1) is 13.7. The summed E-state index contributed by atoms with van der Waals surface area (Å²) in [6.07, 6.45) is 1.52. The van der Waals surface area contributed by atoms with E-state index in [1.807, 2.05) is 54.6 Å². The summed E-state index contributed by atoms with van der Waals surface area (Å²) in [5.74, 6) is 2.09. The molecule has 1 N–H and O–H groups in total. The Morgan fingerprint density at radius 1 is 1.11 bits per heavy atom. The maximum Gasteiger partial charge on any atom is 0.232 e. The first-order valence-corrected chi connectivity index (χ1v) is 9.18. The van der Waals surface area contributed by atoms with Crippen molar-refractivity contribution in [2.75, 3.05) is 14.2 Å². The first-order valence-electron chi connectivity index (χ1n) is 9.18. The average Bonchev–Trinajstić information content (AvgIpc) is 3.41. The third-order valence-corrected chi connectivity index (χ3v) is 5.17. The summed E-state index contributed by atoms with van der Waals surface area (Å²) in [7, 11) is 3.24. The molecule has 0 saturated heterocycles. The number of para-hydroxylation sites is 1. The molecule has 0 atom stereocenters. The molecule has 0 spiro atoms. The number of carbonyl (C=O) groups is 1. The van der Waals surface area contributed by atoms with E-state index in [2.05, 4.69) is 10.5 Å². The van der Waals surface area contributed by atoms with Gasteiger partial charge in [-0.1, -0.05) is 35.5 Å². The molecule has 1 aliphatic carbocycles. The summed E-state index contributed by atoms with van der Waals surface area (Å²) in [4.78, 5) is 12.9. The fourth-order valence-corrected chi connectivity index (χ4v) is 3.33. The van der Waals surface area contributed by atoms with E-state index >= 15 is 0 Å². The van der Waals surface area contributed by atoms with E-state index in [4.69, 9.17) is 14.0 Å². The SMILES string of the molecule is COc1cccc(-c2cc(C3(C(=O)NCc4ccccc4OC)CC3)no2)c1. The molecular formula is C22H22N2O4. The van der Waals surface area contributed by atoms with Crippen LogP contribution in [0.5, 0.6) is 11.5 Å². The topological polar surface area (TPSA) is 73.6 Å². The molecule has 0 aliphatic heterocycles. The molecule has 1 aliphatic rings. The summed E-state index contributed by atoms with van der Waals surface area (Å²) in [6, 6.07) is 17.1. The Bertz CT molecular complexity index is 991. The zero-order valence-corrected chi connectivity index (χ0v) is 15.9. The summed E-state index contributed by atoms with van der Waals surface area (Å²) in [6.45, 7) is 0.408. The van der Waals surface area contributed by atoms with Gasteiger partial charge in [-0.2, -0.15) is 0 Å². The molecule has 3 aromatic rings. The van der Waals surface area contributed by atoms with Gasteiger partial charge in [0.1, 0.15) is 11.5 Å². The molecule has 1 heterocycles. The maximum atomic E-state index is 12.9. The van der Waals surface area contributed by atoms with Crippen molar-refractivity contribution >= 4 is 5.91 Å². The van der Waals surface area contributed by atoms with Gasteiger partial charge in [0, 0.05) is 23.7 Å². The maximum absolute atomic E-state index is 12.9. The van der Waals surface area contributed by atoms with Gasteiger partial charge in [0.05, 0.1) is 25.3 Å². The molecule has 6 nitrogen and oxygen atoms in total. The van der Waals surface area contributed by atoms with Crippen LogP contribution in [0.2, 0.25) is 0 Å². The number of methoxy groups -OCH3 is 2. The highest BCUT2D eigenvalue weighted by molar-refractivity contribution is 5.91. The number of amides is 1. The lowest BCUT2D eigenvalue weighted by Crippen LogP contribution is -2.34. The van der Waals surface area contributed by atoms with Crippen molar-refractivity contribution in [3.05, 3.63) is 65.9 Å². The lowest BCUT2D eigenvalue weighted by atomic mass is 10.00. The minimum atomic E-state index is -0.608. The predicted molar refractivity (Wildman–Crippen MR) is 104 cm³/mol. The molecule has 4 rings (SSSR count). The van der Waals surface area contributed by atoms with Crippen LogP contribution in [0.1, 0.15) is 24.1 Å². The molecule has 1 fully saturated rings. The quantitative estimate of drug-likeness (QED) is 0.678. The standard InChI is InChI=1S/C22H22N2O4/c1-26-17-8-5-7-15(12-17)19-13-20(24-28-19)22(10-11-22)21(25)23-14-16-6-3-4-9-18(16)27-2/h3-9,12-13H,10-11,14H2,1-2H3,(H,23,25). The normalized spacial score (nSPS) is 14.4. The summed E-state index contributed by atoms with van der Waals surface area (Å²) in [5.41, 5.74) is 1.86. The molecule has 1 amide bonds. The highest BCUT2D eigenvalue weighted by atomic mass is 16.5. The van der Waals surface area contributed by atoms with Crippen molar-refractivity contribution in [2.24, 2.45) is 0 Å². The van der Waals surface area contributed by atoms with E-state index in [0.29, 0.717) is 18.0 Å². The Hall–Kier alpha value is -3.28. The lowest BCUT2D eigenvalue weighted by molar-refractivity contribution is -0.123. The third-order valence-electron chi connectivity index (χ3n) is 5.17. The number of aromatic nitrogens is 1. The van der Waals surface area contributed by atoms with E-state index in [1.165, 1.54) is 0 Å². The zero-order valence-electron chi connectivity index (χ0n) is 15.9. The number of nitrogens with one attached hydrogen (secondary N) is 1. The van der Waals surface area contributed by atoms with E-state index in [1.54, 1.807) is 14.2 Å². The van der Waals surface area contributed by atoms with Crippen LogP contribution < -0.4 is 14.8 Å². The van der Waals surface area contributed by atoms with Crippen LogP contribution in [0.25, 0.3) is 11.3 Å². The third kappa shape index (κ3) is 3.33. The van der Waals surface area contributed by atoms with Crippen LogP contribution in [0.15, 0.2) is 59.1 Å². The predicted octanol–water partition coefficient (Wildman–Crippen LogP) is 3.71. The molecule has 0 bridgehead atoms. The minimum Gasteiger partial charge on any atom is -0.497 e. The number of benzene rings is 2. The Kier molecular flexibility index (Phi) is 4.77. The van der Waals surface area contributed by atoms with E-state index < -0.39 is 5.41 Å². The second-order valence-corrected chi connectivity index (χ2v) is 6.88. The number of rotatable bonds is 7. The van der Waals surface area contributed by atoms with E-state index in [-0.39, 0.29) is 5.91 Å². The Morgan fingerprint density at radius 3 is 2.68 bits per heavy atom. The number of ether oxygens (including phenoxy) is 2. The van der Waals surface area contributed by atoms with Crippen LogP contribution in [0, 0.1) is 0 Å². The van der Waals surface area contributed by atoms with Gasteiger partial charge in [0.25, 0.3) is 0 Å². The van der Waals surface area contributed by atoms with Gasteiger partial charge in [-0.3, -0.25) is 4.79 Å². The van der Waals surface area contributed by atoms with Gasteiger partial charge >= 0.3 is 0 Å². The van der Waals surface area contributed by atoms with Crippen molar-refractivity contribution in [3.8, 4) is 22.8 Å². The number of hydrogen-bond acceptors (Lipinski definition) is 5. The van der Waals surface area contributed by atoms with Crippen molar-refractivity contribution in [1.82, 2.24) is 10.5 Å². The molecule has 6 heteroatoms. The molecule has 1 aromatic heterocycles. The summed E-state index contributed by atoms with van der Waals surface area (Å²) >= 11 is 0. The second kappa shape index (κ2) is 7.38. The Morgan fingerprint density at radius 2 is 1.93 bits per heavy atom. The second-order valence-electron chi connectivity index (χ2n) is 6.88. The largest absolute Gasteiger partial charge is 0.497 e. The van der Waals surface area contributed by atoms with Crippen molar-refractivity contribution < 1.29 is 18.8 Å². The molecule has 28 heavy (non-hydrogen) atoms. The van der Waals surface area contributed by atoms with Crippen LogP contribution in [-0.2, 0) is 16.8 Å². The van der Waals surface area contributed by atoms with Gasteiger partial charge in [-0.15, -0.1) is 0 Å². The van der Waals surface area contributed by atoms with Crippen molar-refractivity contribution in [1.29, 1.82) is 0 Å². The van der Waals surface area contributed by atoms with Gasteiger partial charge < -0.3 is 19.3 Å². The first kappa shape index (κ1) is 18.1. The summed E-state index contributed by atoms with van der Waals surface area (Å²) in [5, 5.41) is 7.21. The molecule has 144 valence electrons. The van der Waals surface area contributed by atoms with Gasteiger partial charge in [-0.05, 0) is 31.0 Å². The molecule has 0 radical (unpaired) electrons. The fourth-order valence-electron chi connectivity index (χ4n) is 3.33. The summed E-state index contributed by atoms with van der Waals surface area (Å²) < 4.78 is 16.1.